The molecule has 0 unspecified atom stereocenters. The average Bonchev–Trinajstić information content (AvgIpc) is 2.56. The third kappa shape index (κ3) is 5.68. The number of hydrogen-bond donors (Lipinski definition) is 1. The second-order valence-corrected chi connectivity index (χ2v) is 6.27. The smallest absolute Gasteiger partial charge is 0.381 e. The van der Waals surface area contributed by atoms with Crippen molar-refractivity contribution < 1.29 is 39.5 Å². The van der Waals surface area contributed by atoms with Crippen molar-refractivity contribution in [3.63, 3.8) is 0 Å². The van der Waals surface area contributed by atoms with Crippen molar-refractivity contribution in [2.75, 3.05) is 0 Å². The van der Waals surface area contributed by atoms with Gasteiger partial charge in [-0.3, -0.25) is 0 Å². The Labute approximate surface area is 159 Å². The van der Waals surface area contributed by atoms with Crippen LogP contribution in [0.25, 0.3) is 5.70 Å². The van der Waals surface area contributed by atoms with Crippen LogP contribution in [0, 0.1) is 6.92 Å². The highest BCUT2D eigenvalue weighted by Crippen LogP contribution is 2.36. The van der Waals surface area contributed by atoms with Crippen molar-refractivity contribution >= 4 is 5.70 Å². The normalized spacial score (nSPS) is 12.8. The van der Waals surface area contributed by atoms with Crippen molar-refractivity contribution in [3.8, 4) is 0 Å². The van der Waals surface area contributed by atoms with E-state index in [0.29, 0.717) is 12.1 Å². The van der Waals surface area contributed by atoms with Gasteiger partial charge in [-0.1, -0.05) is 12.6 Å². The second kappa shape index (κ2) is 7.64. The number of halogens is 9. The van der Waals surface area contributed by atoms with Gasteiger partial charge < -0.3 is 5.32 Å². The van der Waals surface area contributed by atoms with Crippen LogP contribution in [0.2, 0.25) is 0 Å². The Morgan fingerprint density at radius 2 is 1.31 bits per heavy atom. The highest BCUT2D eigenvalue weighted by Gasteiger charge is 2.37. The van der Waals surface area contributed by atoms with Crippen LogP contribution in [0.1, 0.15) is 33.4 Å². The summed E-state index contributed by atoms with van der Waals surface area (Å²) in [6, 6.07) is 4.24. The topological polar surface area (TPSA) is 12.0 Å². The van der Waals surface area contributed by atoms with E-state index in [9.17, 15) is 39.5 Å². The van der Waals surface area contributed by atoms with Crippen molar-refractivity contribution in [2.24, 2.45) is 0 Å². The molecular formula is C19H14F9N. The molecule has 2 aromatic carbocycles. The Hall–Kier alpha value is -2.65. The molecule has 0 atom stereocenters. The maximum absolute atomic E-state index is 12.9. The fourth-order valence-electron chi connectivity index (χ4n) is 2.60. The molecule has 0 fully saturated rings. The van der Waals surface area contributed by atoms with E-state index < -0.39 is 41.8 Å². The number of rotatable bonds is 4. The standard InChI is InChI=1S/C19H14F9N/c1-10-5-13(3-4-16(10)19(26,27)28)11(2)29-9-12-6-14(17(20,21)22)8-15(7-12)18(23,24)25/h3-8,29H,2,9H2,1H3. The minimum atomic E-state index is -4.97. The monoisotopic (exact) mass is 427 g/mol. The van der Waals surface area contributed by atoms with Gasteiger partial charge in [-0.05, 0) is 53.9 Å². The zero-order chi connectivity index (χ0) is 22.2. The molecule has 0 saturated carbocycles. The molecule has 2 aromatic rings. The summed E-state index contributed by atoms with van der Waals surface area (Å²) < 4.78 is 116. The van der Waals surface area contributed by atoms with Gasteiger partial charge in [0.25, 0.3) is 0 Å². The molecule has 29 heavy (non-hydrogen) atoms. The van der Waals surface area contributed by atoms with Gasteiger partial charge in [0.05, 0.1) is 16.7 Å². The molecule has 2 rings (SSSR count). The Morgan fingerprint density at radius 3 is 1.72 bits per heavy atom. The lowest BCUT2D eigenvalue weighted by Gasteiger charge is -2.16. The first-order chi connectivity index (χ1) is 13.1. The lowest BCUT2D eigenvalue weighted by atomic mass is 10.0. The van der Waals surface area contributed by atoms with Crippen molar-refractivity contribution in [3.05, 3.63) is 76.4 Å². The van der Waals surface area contributed by atoms with E-state index >= 15 is 0 Å². The molecule has 0 heterocycles. The number of hydrogen-bond acceptors (Lipinski definition) is 1. The fraction of sp³-hybridized carbons (Fsp3) is 0.263. The molecule has 1 nitrogen and oxygen atoms in total. The van der Waals surface area contributed by atoms with Crippen LogP contribution >= 0.6 is 0 Å². The van der Waals surface area contributed by atoms with Crippen LogP contribution in [0.3, 0.4) is 0 Å². The second-order valence-electron chi connectivity index (χ2n) is 6.27. The SMILES string of the molecule is C=C(NCc1cc(C(F)(F)F)cc(C(F)(F)F)c1)c1ccc(C(F)(F)F)c(C)c1. The molecule has 0 aromatic heterocycles. The third-order valence-corrected chi connectivity index (χ3v) is 4.03. The minimum absolute atomic E-state index is 0.0115. The first-order valence-corrected chi connectivity index (χ1v) is 7.98. The van der Waals surface area contributed by atoms with Crippen LogP contribution in [0.4, 0.5) is 39.5 Å². The lowest BCUT2D eigenvalue weighted by Crippen LogP contribution is -2.16. The summed E-state index contributed by atoms with van der Waals surface area (Å²) in [4.78, 5) is 0. The van der Waals surface area contributed by atoms with Gasteiger partial charge in [0.2, 0.25) is 0 Å². The van der Waals surface area contributed by atoms with E-state index in [0.717, 1.165) is 12.1 Å². The van der Waals surface area contributed by atoms with Crippen LogP contribution in [-0.2, 0) is 25.1 Å². The van der Waals surface area contributed by atoms with E-state index in [4.69, 9.17) is 0 Å². The molecule has 158 valence electrons. The molecule has 0 amide bonds. The summed E-state index contributed by atoms with van der Waals surface area (Å²) >= 11 is 0. The molecule has 0 spiro atoms. The third-order valence-electron chi connectivity index (χ3n) is 4.03. The van der Waals surface area contributed by atoms with E-state index in [1.165, 1.54) is 13.0 Å². The van der Waals surface area contributed by atoms with E-state index in [-0.39, 0.29) is 28.5 Å². The lowest BCUT2D eigenvalue weighted by molar-refractivity contribution is -0.143. The quantitative estimate of drug-likeness (QED) is 0.529. The fourth-order valence-corrected chi connectivity index (χ4v) is 2.60. The summed E-state index contributed by atoms with van der Waals surface area (Å²) in [6.07, 6.45) is -14.5. The van der Waals surface area contributed by atoms with E-state index in [2.05, 4.69) is 11.9 Å². The van der Waals surface area contributed by atoms with Gasteiger partial charge in [0, 0.05) is 12.2 Å². The zero-order valence-corrected chi connectivity index (χ0v) is 14.8. The highest BCUT2D eigenvalue weighted by atomic mass is 19.4. The number of nitrogens with one attached hydrogen (secondary N) is 1. The summed E-state index contributed by atoms with van der Waals surface area (Å²) in [5.74, 6) is 0. The molecule has 0 saturated heterocycles. The molecule has 1 N–H and O–H groups in total. The van der Waals surface area contributed by atoms with Crippen molar-refractivity contribution in [1.82, 2.24) is 5.32 Å². The predicted octanol–water partition coefficient (Wildman–Crippen LogP) is 6.81. The number of benzene rings is 2. The number of alkyl halides is 9. The summed E-state index contributed by atoms with van der Waals surface area (Å²) in [7, 11) is 0. The van der Waals surface area contributed by atoms with Crippen LogP contribution in [-0.4, -0.2) is 0 Å². The summed E-state index contributed by atoms with van der Waals surface area (Å²) in [5.41, 5.74) is -3.92. The largest absolute Gasteiger partial charge is 0.416 e. The first kappa shape index (κ1) is 22.6. The Balaban J connectivity index is 2.25. The van der Waals surface area contributed by atoms with Gasteiger partial charge >= 0.3 is 18.5 Å². The van der Waals surface area contributed by atoms with Gasteiger partial charge in [-0.25, -0.2) is 0 Å². The summed E-state index contributed by atoms with van der Waals surface area (Å²) in [6.45, 7) is 4.36. The predicted molar refractivity (Wildman–Crippen MR) is 88.5 cm³/mol. The molecule has 10 heteroatoms. The van der Waals surface area contributed by atoms with Gasteiger partial charge in [-0.15, -0.1) is 0 Å². The maximum Gasteiger partial charge on any atom is 0.416 e. The maximum atomic E-state index is 12.9. The minimum Gasteiger partial charge on any atom is -0.381 e. The van der Waals surface area contributed by atoms with Gasteiger partial charge in [0.1, 0.15) is 0 Å². The molecule has 0 aliphatic heterocycles. The molecular weight excluding hydrogens is 413 g/mol. The number of aryl methyl sites for hydroxylation is 1. The first-order valence-electron chi connectivity index (χ1n) is 7.98. The van der Waals surface area contributed by atoms with E-state index in [1.54, 1.807) is 0 Å². The summed E-state index contributed by atoms with van der Waals surface area (Å²) in [5, 5.41) is 2.55. The molecule has 0 radical (unpaired) electrons. The van der Waals surface area contributed by atoms with Crippen LogP contribution in [0.15, 0.2) is 43.0 Å². The average molecular weight is 427 g/mol. The van der Waals surface area contributed by atoms with Crippen molar-refractivity contribution in [1.29, 1.82) is 0 Å². The Morgan fingerprint density at radius 1 is 0.793 bits per heavy atom. The van der Waals surface area contributed by atoms with Crippen LogP contribution < -0.4 is 5.32 Å². The van der Waals surface area contributed by atoms with Gasteiger partial charge in [0.15, 0.2) is 0 Å². The highest BCUT2D eigenvalue weighted by molar-refractivity contribution is 5.63. The Kier molecular flexibility index (Phi) is 5.97. The Bertz CT molecular complexity index is 873. The van der Waals surface area contributed by atoms with Crippen LogP contribution in [0.5, 0.6) is 0 Å². The molecule has 0 bridgehead atoms. The molecule has 0 aliphatic carbocycles. The molecule has 0 aliphatic rings. The van der Waals surface area contributed by atoms with Crippen molar-refractivity contribution in [2.45, 2.75) is 32.0 Å². The van der Waals surface area contributed by atoms with E-state index in [1.807, 2.05) is 0 Å². The van der Waals surface area contributed by atoms with Gasteiger partial charge in [-0.2, -0.15) is 39.5 Å². The zero-order valence-electron chi connectivity index (χ0n) is 14.8.